The van der Waals surface area contributed by atoms with E-state index >= 15 is 0 Å². The standard InChI is InChI=1S/C14H11BrCl2N2O/c1-7-5-9(6-8(2)12(7)15)18-14(20)10-3-4-11(16)19-13(10)17/h3-6H,1-2H3,(H,18,20). The largest absolute Gasteiger partial charge is 0.322 e. The van der Waals surface area contributed by atoms with E-state index in [1.807, 2.05) is 26.0 Å². The Morgan fingerprint density at radius 3 is 2.35 bits per heavy atom. The average Bonchev–Trinajstić information content (AvgIpc) is 2.35. The first-order valence-corrected chi connectivity index (χ1v) is 7.33. The minimum Gasteiger partial charge on any atom is -0.322 e. The third kappa shape index (κ3) is 3.32. The molecule has 1 N–H and O–H groups in total. The molecule has 2 aromatic rings. The summed E-state index contributed by atoms with van der Waals surface area (Å²) in [6.07, 6.45) is 0. The summed E-state index contributed by atoms with van der Waals surface area (Å²) in [6.45, 7) is 3.92. The Morgan fingerprint density at radius 2 is 1.80 bits per heavy atom. The molecule has 0 fully saturated rings. The van der Waals surface area contributed by atoms with E-state index in [-0.39, 0.29) is 21.8 Å². The maximum absolute atomic E-state index is 12.2. The van der Waals surface area contributed by atoms with Crippen LogP contribution < -0.4 is 5.32 Å². The Morgan fingerprint density at radius 1 is 1.20 bits per heavy atom. The molecular weight excluding hydrogens is 363 g/mol. The van der Waals surface area contributed by atoms with E-state index in [0.29, 0.717) is 5.69 Å². The van der Waals surface area contributed by atoms with Gasteiger partial charge in [-0.05, 0) is 49.2 Å². The molecule has 0 saturated heterocycles. The maximum Gasteiger partial charge on any atom is 0.258 e. The third-order valence-electron chi connectivity index (χ3n) is 2.75. The van der Waals surface area contributed by atoms with Gasteiger partial charge in [-0.2, -0.15) is 0 Å². The van der Waals surface area contributed by atoms with Crippen LogP contribution >= 0.6 is 39.1 Å². The van der Waals surface area contributed by atoms with Crippen molar-refractivity contribution in [1.29, 1.82) is 0 Å². The van der Waals surface area contributed by atoms with Crippen LogP contribution in [0, 0.1) is 13.8 Å². The highest BCUT2D eigenvalue weighted by molar-refractivity contribution is 9.10. The molecule has 0 aliphatic heterocycles. The zero-order chi connectivity index (χ0) is 14.9. The van der Waals surface area contributed by atoms with Crippen LogP contribution in [0.4, 0.5) is 5.69 Å². The normalized spacial score (nSPS) is 10.4. The van der Waals surface area contributed by atoms with Crippen molar-refractivity contribution in [3.63, 3.8) is 0 Å². The molecule has 0 saturated carbocycles. The number of amides is 1. The number of hydrogen-bond donors (Lipinski definition) is 1. The third-order valence-corrected chi connectivity index (χ3v) is 4.50. The van der Waals surface area contributed by atoms with Gasteiger partial charge in [0.05, 0.1) is 5.56 Å². The SMILES string of the molecule is Cc1cc(NC(=O)c2ccc(Cl)nc2Cl)cc(C)c1Br. The lowest BCUT2D eigenvalue weighted by Crippen LogP contribution is -2.13. The number of nitrogens with one attached hydrogen (secondary N) is 1. The highest BCUT2D eigenvalue weighted by Crippen LogP contribution is 2.26. The van der Waals surface area contributed by atoms with Gasteiger partial charge in [-0.25, -0.2) is 4.98 Å². The molecule has 20 heavy (non-hydrogen) atoms. The minimum atomic E-state index is -0.319. The molecule has 1 heterocycles. The average molecular weight is 374 g/mol. The summed E-state index contributed by atoms with van der Waals surface area (Å²) in [4.78, 5) is 16.0. The Labute approximate surface area is 135 Å². The summed E-state index contributed by atoms with van der Waals surface area (Å²) >= 11 is 15.1. The van der Waals surface area contributed by atoms with Crippen LogP contribution in [-0.4, -0.2) is 10.9 Å². The van der Waals surface area contributed by atoms with Gasteiger partial charge in [-0.1, -0.05) is 39.1 Å². The topological polar surface area (TPSA) is 42.0 Å². The second-order valence-electron chi connectivity index (χ2n) is 4.35. The molecule has 1 aromatic carbocycles. The van der Waals surface area contributed by atoms with Crippen LogP contribution in [0.2, 0.25) is 10.3 Å². The predicted octanol–water partition coefficient (Wildman–Crippen LogP) is 5.02. The van der Waals surface area contributed by atoms with Crippen molar-refractivity contribution in [3.05, 3.63) is 55.7 Å². The second-order valence-corrected chi connectivity index (χ2v) is 5.89. The number of nitrogens with zero attached hydrogens (tertiary/aromatic N) is 1. The predicted molar refractivity (Wildman–Crippen MR) is 85.8 cm³/mol. The van der Waals surface area contributed by atoms with Crippen LogP contribution in [0.25, 0.3) is 0 Å². The summed E-state index contributed by atoms with van der Waals surface area (Å²) in [5.41, 5.74) is 3.08. The first kappa shape index (κ1) is 15.3. The van der Waals surface area contributed by atoms with Gasteiger partial charge in [0.1, 0.15) is 10.3 Å². The summed E-state index contributed by atoms with van der Waals surface area (Å²) in [6, 6.07) is 6.84. The Bertz CT molecular complexity index is 666. The minimum absolute atomic E-state index is 0.0838. The first-order valence-electron chi connectivity index (χ1n) is 5.78. The monoisotopic (exact) mass is 372 g/mol. The summed E-state index contributed by atoms with van der Waals surface area (Å²) in [5, 5.41) is 3.14. The fraction of sp³-hybridized carbons (Fsp3) is 0.143. The number of anilines is 1. The molecule has 1 aromatic heterocycles. The lowest BCUT2D eigenvalue weighted by Gasteiger charge is -2.10. The number of aryl methyl sites for hydroxylation is 2. The number of pyridine rings is 1. The first-order chi connectivity index (χ1) is 9.38. The van der Waals surface area contributed by atoms with Crippen molar-refractivity contribution in [3.8, 4) is 0 Å². The summed E-state index contributed by atoms with van der Waals surface area (Å²) < 4.78 is 1.03. The molecule has 0 bridgehead atoms. The molecule has 2 rings (SSSR count). The number of hydrogen-bond acceptors (Lipinski definition) is 2. The number of halogens is 3. The van der Waals surface area contributed by atoms with Gasteiger partial charge in [-0.3, -0.25) is 4.79 Å². The van der Waals surface area contributed by atoms with Gasteiger partial charge >= 0.3 is 0 Å². The van der Waals surface area contributed by atoms with Crippen molar-refractivity contribution in [2.75, 3.05) is 5.32 Å². The summed E-state index contributed by atoms with van der Waals surface area (Å²) in [7, 11) is 0. The molecular formula is C14H11BrCl2N2O. The highest BCUT2D eigenvalue weighted by Gasteiger charge is 2.13. The van der Waals surface area contributed by atoms with Gasteiger partial charge in [0.25, 0.3) is 5.91 Å². The Hall–Kier alpha value is -1.10. The fourth-order valence-electron chi connectivity index (χ4n) is 1.80. The molecule has 0 radical (unpaired) electrons. The molecule has 3 nitrogen and oxygen atoms in total. The molecule has 0 aliphatic rings. The lowest BCUT2D eigenvalue weighted by atomic mass is 10.1. The van der Waals surface area contributed by atoms with Crippen LogP contribution in [0.3, 0.4) is 0 Å². The van der Waals surface area contributed by atoms with Crippen molar-refractivity contribution in [2.45, 2.75) is 13.8 Å². The second kappa shape index (κ2) is 6.12. The van der Waals surface area contributed by atoms with Gasteiger partial charge < -0.3 is 5.32 Å². The number of carbonyl (C=O) groups is 1. The fourth-order valence-corrected chi connectivity index (χ4v) is 2.46. The Balaban J connectivity index is 2.28. The van der Waals surface area contributed by atoms with Crippen molar-refractivity contribution >= 4 is 50.7 Å². The van der Waals surface area contributed by atoms with Gasteiger partial charge in [-0.15, -0.1) is 0 Å². The molecule has 0 atom stereocenters. The van der Waals surface area contributed by atoms with Gasteiger partial charge in [0, 0.05) is 10.2 Å². The van der Waals surface area contributed by atoms with Crippen molar-refractivity contribution in [2.24, 2.45) is 0 Å². The summed E-state index contributed by atoms with van der Waals surface area (Å²) in [5.74, 6) is -0.319. The van der Waals surface area contributed by atoms with Gasteiger partial charge in [0.15, 0.2) is 0 Å². The van der Waals surface area contributed by atoms with Crippen LogP contribution in [-0.2, 0) is 0 Å². The number of rotatable bonds is 2. The maximum atomic E-state index is 12.2. The van der Waals surface area contributed by atoms with E-state index in [2.05, 4.69) is 26.2 Å². The zero-order valence-corrected chi connectivity index (χ0v) is 13.9. The van der Waals surface area contributed by atoms with Crippen LogP contribution in [0.5, 0.6) is 0 Å². The number of benzene rings is 1. The number of carbonyl (C=O) groups excluding carboxylic acids is 1. The van der Waals surface area contributed by atoms with E-state index in [0.717, 1.165) is 15.6 Å². The van der Waals surface area contributed by atoms with Crippen LogP contribution in [0.15, 0.2) is 28.7 Å². The number of aromatic nitrogens is 1. The molecule has 6 heteroatoms. The molecule has 1 amide bonds. The van der Waals surface area contributed by atoms with E-state index in [9.17, 15) is 4.79 Å². The smallest absolute Gasteiger partial charge is 0.258 e. The van der Waals surface area contributed by atoms with Crippen molar-refractivity contribution < 1.29 is 4.79 Å². The molecule has 0 unspecified atom stereocenters. The van der Waals surface area contributed by atoms with E-state index in [1.165, 1.54) is 6.07 Å². The highest BCUT2D eigenvalue weighted by atomic mass is 79.9. The Kier molecular flexibility index (Phi) is 4.68. The van der Waals surface area contributed by atoms with Crippen molar-refractivity contribution in [1.82, 2.24) is 4.98 Å². The molecule has 104 valence electrons. The van der Waals surface area contributed by atoms with E-state index in [4.69, 9.17) is 23.2 Å². The van der Waals surface area contributed by atoms with Gasteiger partial charge in [0.2, 0.25) is 0 Å². The molecule has 0 aliphatic carbocycles. The quantitative estimate of drug-likeness (QED) is 0.751. The zero-order valence-electron chi connectivity index (χ0n) is 10.8. The molecule has 0 spiro atoms. The van der Waals surface area contributed by atoms with E-state index < -0.39 is 0 Å². The van der Waals surface area contributed by atoms with Crippen LogP contribution in [0.1, 0.15) is 21.5 Å². The van der Waals surface area contributed by atoms with E-state index in [1.54, 1.807) is 6.07 Å². The lowest BCUT2D eigenvalue weighted by molar-refractivity contribution is 0.102.